The average Bonchev–Trinajstić information content (AvgIpc) is 3.11. The van der Waals surface area contributed by atoms with Gasteiger partial charge in [0.05, 0.1) is 10.6 Å². The van der Waals surface area contributed by atoms with Gasteiger partial charge < -0.3 is 10.4 Å². The maximum Gasteiger partial charge on any atom is 0.243 e. The van der Waals surface area contributed by atoms with Crippen molar-refractivity contribution < 1.29 is 18.3 Å². The second-order valence-corrected chi connectivity index (χ2v) is 7.63. The minimum atomic E-state index is -3.66. The van der Waals surface area contributed by atoms with E-state index in [0.29, 0.717) is 26.1 Å². The van der Waals surface area contributed by atoms with E-state index in [-0.39, 0.29) is 28.7 Å². The highest BCUT2D eigenvalue weighted by atomic mass is 32.2. The minimum Gasteiger partial charge on any atom is -0.506 e. The summed E-state index contributed by atoms with van der Waals surface area (Å²) in [4.78, 5) is 12.1. The van der Waals surface area contributed by atoms with Gasteiger partial charge in [-0.15, -0.1) is 0 Å². The maximum absolute atomic E-state index is 12.6. The zero-order valence-corrected chi connectivity index (χ0v) is 15.7. The first-order chi connectivity index (χ1) is 12.4. The number of anilines is 1. The van der Waals surface area contributed by atoms with Gasteiger partial charge in [0.25, 0.3) is 0 Å². The monoisotopic (exact) mass is 380 g/mol. The molecule has 8 nitrogen and oxygen atoms in total. The largest absolute Gasteiger partial charge is 0.506 e. The normalized spacial score (nSPS) is 11.7. The highest BCUT2D eigenvalue weighted by molar-refractivity contribution is 7.89. The first-order valence-corrected chi connectivity index (χ1v) is 9.93. The Morgan fingerprint density at radius 3 is 2.65 bits per heavy atom. The van der Waals surface area contributed by atoms with Crippen molar-refractivity contribution in [3.8, 4) is 5.75 Å². The van der Waals surface area contributed by atoms with Crippen molar-refractivity contribution in [2.75, 3.05) is 18.4 Å². The van der Waals surface area contributed by atoms with Crippen LogP contribution in [-0.2, 0) is 21.4 Å². The molecule has 142 valence electrons. The predicted octanol–water partition coefficient (Wildman–Crippen LogP) is 2.04. The van der Waals surface area contributed by atoms with E-state index < -0.39 is 10.0 Å². The Morgan fingerprint density at radius 2 is 2.04 bits per heavy atom. The molecule has 0 bridgehead atoms. The lowest BCUT2D eigenvalue weighted by Crippen LogP contribution is -2.30. The number of amides is 1. The molecule has 0 radical (unpaired) electrons. The maximum atomic E-state index is 12.6. The summed E-state index contributed by atoms with van der Waals surface area (Å²) in [5.41, 5.74) is 0.0855. The Morgan fingerprint density at radius 1 is 1.31 bits per heavy atom. The highest BCUT2D eigenvalue weighted by Crippen LogP contribution is 2.28. The van der Waals surface area contributed by atoms with Crippen molar-refractivity contribution in [2.24, 2.45) is 0 Å². The molecule has 0 aliphatic heterocycles. The van der Waals surface area contributed by atoms with E-state index in [9.17, 15) is 18.3 Å². The zero-order valence-electron chi connectivity index (χ0n) is 14.9. The molecular weight excluding hydrogens is 356 g/mol. The fourth-order valence-corrected chi connectivity index (χ4v) is 4.02. The van der Waals surface area contributed by atoms with Gasteiger partial charge in [-0.05, 0) is 30.7 Å². The van der Waals surface area contributed by atoms with Gasteiger partial charge in [0.1, 0.15) is 5.75 Å². The second-order valence-electron chi connectivity index (χ2n) is 5.69. The van der Waals surface area contributed by atoms with Gasteiger partial charge in [0, 0.05) is 38.4 Å². The molecule has 26 heavy (non-hydrogen) atoms. The molecule has 1 aromatic carbocycles. The third-order valence-electron chi connectivity index (χ3n) is 3.94. The van der Waals surface area contributed by atoms with Gasteiger partial charge in [-0.25, -0.2) is 8.42 Å². The molecule has 1 amide bonds. The van der Waals surface area contributed by atoms with E-state index in [0.717, 1.165) is 0 Å². The van der Waals surface area contributed by atoms with Crippen LogP contribution in [0.15, 0.2) is 41.6 Å². The number of carbonyl (C=O) groups is 1. The molecular formula is C17H24N4O4S. The van der Waals surface area contributed by atoms with Gasteiger partial charge >= 0.3 is 0 Å². The Labute approximate surface area is 153 Å². The Hall–Kier alpha value is -2.39. The number of rotatable bonds is 9. The summed E-state index contributed by atoms with van der Waals surface area (Å²) >= 11 is 0. The van der Waals surface area contributed by atoms with Crippen LogP contribution in [0.25, 0.3) is 0 Å². The molecule has 2 N–H and O–H groups in total. The molecule has 2 rings (SSSR count). The Kier molecular flexibility index (Phi) is 6.76. The molecule has 0 aliphatic rings. The number of phenols is 1. The van der Waals surface area contributed by atoms with Gasteiger partial charge in [-0.3, -0.25) is 9.48 Å². The molecule has 0 aliphatic carbocycles. The van der Waals surface area contributed by atoms with Gasteiger partial charge in [-0.2, -0.15) is 9.40 Å². The van der Waals surface area contributed by atoms with Crippen molar-refractivity contribution in [3.63, 3.8) is 0 Å². The number of aromatic nitrogens is 2. The smallest absolute Gasteiger partial charge is 0.243 e. The fourth-order valence-electron chi connectivity index (χ4n) is 2.54. The molecule has 0 spiro atoms. The molecule has 0 unspecified atom stereocenters. The van der Waals surface area contributed by atoms with E-state index in [1.54, 1.807) is 30.8 Å². The van der Waals surface area contributed by atoms with Gasteiger partial charge in [0.15, 0.2) is 0 Å². The third kappa shape index (κ3) is 4.83. The van der Waals surface area contributed by atoms with Crippen LogP contribution < -0.4 is 5.32 Å². The second kappa shape index (κ2) is 8.81. The van der Waals surface area contributed by atoms with E-state index >= 15 is 0 Å². The topological polar surface area (TPSA) is 105 Å². The van der Waals surface area contributed by atoms with Crippen LogP contribution in [0.4, 0.5) is 5.69 Å². The molecule has 1 aromatic heterocycles. The summed E-state index contributed by atoms with van der Waals surface area (Å²) in [5, 5.41) is 16.6. The number of carbonyl (C=O) groups excluding carboxylic acids is 1. The standard InChI is InChI=1S/C17H24N4O4S/c1-3-21(4-2)26(24,25)14-8-9-16(22)15(13-14)19-17(23)7-5-11-20-12-6-10-18-20/h6,8-10,12-13,22H,3-5,7,11H2,1-2H3,(H,19,23). The number of nitrogens with zero attached hydrogens (tertiary/aromatic N) is 3. The lowest BCUT2D eigenvalue weighted by atomic mass is 10.2. The quantitative estimate of drug-likeness (QED) is 0.648. The van der Waals surface area contributed by atoms with E-state index in [1.807, 2.05) is 6.20 Å². The summed E-state index contributed by atoms with van der Waals surface area (Å²) in [6, 6.07) is 5.69. The van der Waals surface area contributed by atoms with E-state index in [4.69, 9.17) is 0 Å². The van der Waals surface area contributed by atoms with Crippen LogP contribution in [0.1, 0.15) is 26.7 Å². The van der Waals surface area contributed by atoms with Crippen molar-refractivity contribution in [1.29, 1.82) is 0 Å². The summed E-state index contributed by atoms with van der Waals surface area (Å²) in [5.74, 6) is -0.478. The number of hydrogen-bond acceptors (Lipinski definition) is 5. The first kappa shape index (κ1) is 19.9. The minimum absolute atomic E-state index is 0.0332. The molecule has 0 saturated carbocycles. The van der Waals surface area contributed by atoms with Crippen LogP contribution in [0, 0.1) is 0 Å². The summed E-state index contributed by atoms with van der Waals surface area (Å²) in [6.45, 7) is 4.79. The van der Waals surface area contributed by atoms with Crippen LogP contribution >= 0.6 is 0 Å². The molecule has 2 aromatic rings. The zero-order chi connectivity index (χ0) is 19.2. The van der Waals surface area contributed by atoms with E-state index in [1.165, 1.54) is 22.5 Å². The number of hydrogen-bond donors (Lipinski definition) is 2. The molecule has 0 saturated heterocycles. The SMILES string of the molecule is CCN(CC)S(=O)(=O)c1ccc(O)c(NC(=O)CCCn2cccn2)c1. The third-order valence-corrected chi connectivity index (χ3v) is 5.98. The number of aryl methyl sites for hydroxylation is 1. The lowest BCUT2D eigenvalue weighted by molar-refractivity contribution is -0.116. The molecule has 0 atom stereocenters. The molecule has 0 fully saturated rings. The molecule has 9 heteroatoms. The number of nitrogens with one attached hydrogen (secondary N) is 1. The number of aromatic hydroxyl groups is 1. The summed E-state index contributed by atoms with van der Waals surface area (Å²) in [6.07, 6.45) is 4.28. The van der Waals surface area contributed by atoms with E-state index in [2.05, 4.69) is 10.4 Å². The highest BCUT2D eigenvalue weighted by Gasteiger charge is 2.23. The lowest BCUT2D eigenvalue weighted by Gasteiger charge is -2.19. The summed E-state index contributed by atoms with van der Waals surface area (Å²) in [7, 11) is -3.66. The summed E-state index contributed by atoms with van der Waals surface area (Å²) < 4.78 is 28.2. The van der Waals surface area contributed by atoms with Crippen LogP contribution in [0.2, 0.25) is 0 Å². The van der Waals surface area contributed by atoms with Crippen LogP contribution in [0.5, 0.6) is 5.75 Å². The van der Waals surface area contributed by atoms with Gasteiger partial charge in [-0.1, -0.05) is 13.8 Å². The molecule has 1 heterocycles. The number of benzene rings is 1. The number of phenolic OH excluding ortho intramolecular Hbond substituents is 1. The average molecular weight is 380 g/mol. The van der Waals surface area contributed by atoms with Crippen molar-refractivity contribution in [2.45, 2.75) is 38.1 Å². The number of sulfonamides is 1. The van der Waals surface area contributed by atoms with Crippen molar-refractivity contribution >= 4 is 21.6 Å². The van der Waals surface area contributed by atoms with Crippen molar-refractivity contribution in [3.05, 3.63) is 36.7 Å². The van der Waals surface area contributed by atoms with Crippen LogP contribution in [0.3, 0.4) is 0 Å². The van der Waals surface area contributed by atoms with Crippen molar-refractivity contribution in [1.82, 2.24) is 14.1 Å². The van der Waals surface area contributed by atoms with Crippen LogP contribution in [-0.4, -0.2) is 46.6 Å². The van der Waals surface area contributed by atoms with Gasteiger partial charge in [0.2, 0.25) is 15.9 Å². The Balaban J connectivity index is 2.05. The fraction of sp³-hybridized carbons (Fsp3) is 0.412. The first-order valence-electron chi connectivity index (χ1n) is 8.49. The Bertz CT molecular complexity index is 830. The predicted molar refractivity (Wildman–Crippen MR) is 98.3 cm³/mol.